The predicted molar refractivity (Wildman–Crippen MR) is 115 cm³/mol. The molecule has 6 nitrogen and oxygen atoms in total. The molecular weight excluding hydrogens is 431 g/mol. The van der Waals surface area contributed by atoms with Crippen LogP contribution in [-0.4, -0.2) is 55.3 Å². The van der Waals surface area contributed by atoms with Crippen LogP contribution in [0.5, 0.6) is 11.5 Å². The van der Waals surface area contributed by atoms with Crippen LogP contribution in [0.1, 0.15) is 33.3 Å². The number of nitrogens with zero attached hydrogens (tertiary/aromatic N) is 2. The van der Waals surface area contributed by atoms with Gasteiger partial charge in [-0.3, -0.25) is 9.89 Å². The molecule has 1 aromatic carbocycles. The van der Waals surface area contributed by atoms with Gasteiger partial charge in [-0.1, -0.05) is 0 Å². The Morgan fingerprint density at radius 2 is 1.84 bits per heavy atom. The van der Waals surface area contributed by atoms with E-state index < -0.39 is 0 Å². The number of nitrogens with one attached hydrogen (secondary N) is 2. The summed E-state index contributed by atoms with van der Waals surface area (Å²) in [5, 5.41) is 16.5. The number of methoxy groups -OCH3 is 1. The molecule has 0 aliphatic rings. The van der Waals surface area contributed by atoms with Gasteiger partial charge >= 0.3 is 0 Å². The highest BCUT2D eigenvalue weighted by molar-refractivity contribution is 14.0. The number of phenols is 1. The van der Waals surface area contributed by atoms with E-state index in [4.69, 9.17) is 4.74 Å². The molecule has 0 aliphatic heterocycles. The standard InChI is InChI=1S/C18H32N4O2.HI/c1-13(2)22(14(3)4)10-9-20-18(19-5)21-12-15-11-16(24-6)7-8-17(15)23;/h7-8,11,13-14,23H,9-10,12H2,1-6H3,(H2,19,20,21);1H. The van der Waals surface area contributed by atoms with Crippen molar-refractivity contribution in [1.82, 2.24) is 15.5 Å². The molecule has 25 heavy (non-hydrogen) atoms. The summed E-state index contributed by atoms with van der Waals surface area (Å²) in [7, 11) is 3.35. The third-order valence-electron chi connectivity index (χ3n) is 3.95. The fraction of sp³-hybridized carbons (Fsp3) is 0.611. The zero-order valence-electron chi connectivity index (χ0n) is 16.2. The first kappa shape index (κ1) is 23.8. The quantitative estimate of drug-likeness (QED) is 0.314. The van der Waals surface area contributed by atoms with E-state index in [2.05, 4.69) is 48.2 Å². The Hall–Kier alpha value is -1.22. The Labute approximate surface area is 169 Å². The van der Waals surface area contributed by atoms with Crippen LogP contribution in [0.2, 0.25) is 0 Å². The Morgan fingerprint density at radius 1 is 1.20 bits per heavy atom. The minimum atomic E-state index is 0. The van der Waals surface area contributed by atoms with Crippen LogP contribution >= 0.6 is 24.0 Å². The summed E-state index contributed by atoms with van der Waals surface area (Å²) < 4.78 is 5.19. The van der Waals surface area contributed by atoms with Gasteiger partial charge in [0.25, 0.3) is 0 Å². The van der Waals surface area contributed by atoms with Gasteiger partial charge in [0.2, 0.25) is 0 Å². The summed E-state index contributed by atoms with van der Waals surface area (Å²) >= 11 is 0. The lowest BCUT2D eigenvalue weighted by Crippen LogP contribution is -2.45. The summed E-state index contributed by atoms with van der Waals surface area (Å²) in [4.78, 5) is 6.65. The minimum absolute atomic E-state index is 0. The molecule has 1 rings (SSSR count). The van der Waals surface area contributed by atoms with Crippen LogP contribution in [0.15, 0.2) is 23.2 Å². The lowest BCUT2D eigenvalue weighted by molar-refractivity contribution is 0.178. The van der Waals surface area contributed by atoms with Crippen LogP contribution in [0, 0.1) is 0 Å². The smallest absolute Gasteiger partial charge is 0.191 e. The Bertz CT molecular complexity index is 528. The number of hydrogen-bond donors (Lipinski definition) is 3. The molecule has 1 aromatic rings. The Balaban J connectivity index is 0.00000576. The lowest BCUT2D eigenvalue weighted by Gasteiger charge is -2.30. The van der Waals surface area contributed by atoms with Crippen molar-refractivity contribution in [1.29, 1.82) is 0 Å². The van der Waals surface area contributed by atoms with E-state index in [1.165, 1.54) is 0 Å². The number of rotatable bonds is 8. The number of phenolic OH excluding ortho intramolecular Hbond substituents is 1. The van der Waals surface area contributed by atoms with Gasteiger partial charge in [-0.25, -0.2) is 0 Å². The Morgan fingerprint density at radius 3 is 2.36 bits per heavy atom. The Kier molecular flexibility index (Phi) is 11.6. The topological polar surface area (TPSA) is 69.1 Å². The molecule has 0 amide bonds. The first-order valence-electron chi connectivity index (χ1n) is 8.45. The molecular formula is C18H33IN4O2. The lowest BCUT2D eigenvalue weighted by atomic mass is 10.2. The van der Waals surface area contributed by atoms with E-state index in [9.17, 15) is 5.11 Å². The first-order chi connectivity index (χ1) is 11.4. The van der Waals surface area contributed by atoms with Crippen molar-refractivity contribution in [2.24, 2.45) is 4.99 Å². The summed E-state index contributed by atoms with van der Waals surface area (Å²) in [5.74, 6) is 1.67. The van der Waals surface area contributed by atoms with E-state index in [0.29, 0.717) is 24.6 Å². The number of halogens is 1. The number of ether oxygens (including phenoxy) is 1. The second-order valence-electron chi connectivity index (χ2n) is 6.27. The van der Waals surface area contributed by atoms with E-state index in [1.807, 2.05) is 6.07 Å². The number of aromatic hydroxyl groups is 1. The highest BCUT2D eigenvalue weighted by Crippen LogP contribution is 2.22. The predicted octanol–water partition coefficient (Wildman–Crippen LogP) is 2.80. The van der Waals surface area contributed by atoms with Crippen molar-refractivity contribution in [3.63, 3.8) is 0 Å². The van der Waals surface area contributed by atoms with Gasteiger partial charge in [-0.15, -0.1) is 24.0 Å². The van der Waals surface area contributed by atoms with Crippen molar-refractivity contribution in [3.8, 4) is 11.5 Å². The molecule has 3 N–H and O–H groups in total. The highest BCUT2D eigenvalue weighted by Gasteiger charge is 2.12. The van der Waals surface area contributed by atoms with Gasteiger partial charge < -0.3 is 20.5 Å². The molecule has 0 spiro atoms. The maximum absolute atomic E-state index is 9.92. The SMILES string of the molecule is CN=C(NCCN(C(C)C)C(C)C)NCc1cc(OC)ccc1O.I. The van der Waals surface area contributed by atoms with Gasteiger partial charge in [-0.05, 0) is 45.9 Å². The zero-order chi connectivity index (χ0) is 18.1. The number of benzene rings is 1. The van der Waals surface area contributed by atoms with Crippen molar-refractivity contribution >= 4 is 29.9 Å². The zero-order valence-corrected chi connectivity index (χ0v) is 18.5. The normalized spacial score (nSPS) is 11.6. The first-order valence-corrected chi connectivity index (χ1v) is 8.45. The maximum atomic E-state index is 9.92. The molecule has 0 aromatic heterocycles. The summed E-state index contributed by atoms with van der Waals surface area (Å²) in [5.41, 5.74) is 0.767. The molecule has 0 fully saturated rings. The van der Waals surface area contributed by atoms with Crippen molar-refractivity contribution in [3.05, 3.63) is 23.8 Å². The van der Waals surface area contributed by atoms with Gasteiger partial charge in [0.15, 0.2) is 5.96 Å². The molecule has 7 heteroatoms. The second kappa shape index (κ2) is 12.2. The third kappa shape index (κ3) is 8.13. The van der Waals surface area contributed by atoms with Crippen LogP contribution in [0.25, 0.3) is 0 Å². The van der Waals surface area contributed by atoms with Crippen molar-refractivity contribution in [2.75, 3.05) is 27.2 Å². The van der Waals surface area contributed by atoms with Crippen LogP contribution in [0.4, 0.5) is 0 Å². The van der Waals surface area contributed by atoms with Gasteiger partial charge in [0, 0.05) is 44.3 Å². The summed E-state index contributed by atoms with van der Waals surface area (Å²) in [6.07, 6.45) is 0. The van der Waals surface area contributed by atoms with E-state index in [-0.39, 0.29) is 29.7 Å². The summed E-state index contributed by atoms with van der Waals surface area (Å²) in [6.45, 7) is 11.1. The number of hydrogen-bond acceptors (Lipinski definition) is 4. The van der Waals surface area contributed by atoms with Crippen LogP contribution < -0.4 is 15.4 Å². The number of aliphatic imine (C=N–C) groups is 1. The second-order valence-corrected chi connectivity index (χ2v) is 6.27. The van der Waals surface area contributed by atoms with Crippen LogP contribution in [0.3, 0.4) is 0 Å². The maximum Gasteiger partial charge on any atom is 0.191 e. The van der Waals surface area contributed by atoms with E-state index in [1.54, 1.807) is 26.3 Å². The fourth-order valence-electron chi connectivity index (χ4n) is 2.65. The van der Waals surface area contributed by atoms with E-state index in [0.717, 1.165) is 24.4 Å². The molecule has 144 valence electrons. The minimum Gasteiger partial charge on any atom is -0.508 e. The molecule has 0 bridgehead atoms. The van der Waals surface area contributed by atoms with Crippen molar-refractivity contribution < 1.29 is 9.84 Å². The van der Waals surface area contributed by atoms with Gasteiger partial charge in [-0.2, -0.15) is 0 Å². The molecule has 0 atom stereocenters. The summed E-state index contributed by atoms with van der Waals surface area (Å²) in [6, 6.07) is 6.20. The number of guanidine groups is 1. The molecule has 0 aliphatic carbocycles. The molecule has 0 saturated heterocycles. The van der Waals surface area contributed by atoms with E-state index >= 15 is 0 Å². The van der Waals surface area contributed by atoms with Gasteiger partial charge in [0.05, 0.1) is 7.11 Å². The van der Waals surface area contributed by atoms with Crippen molar-refractivity contribution in [2.45, 2.75) is 46.3 Å². The molecule has 0 radical (unpaired) electrons. The highest BCUT2D eigenvalue weighted by atomic mass is 127. The molecule has 0 heterocycles. The monoisotopic (exact) mass is 464 g/mol. The average molecular weight is 464 g/mol. The fourth-order valence-corrected chi connectivity index (χ4v) is 2.65. The molecule has 0 saturated carbocycles. The van der Waals surface area contributed by atoms with Gasteiger partial charge in [0.1, 0.15) is 11.5 Å². The van der Waals surface area contributed by atoms with Crippen LogP contribution in [-0.2, 0) is 6.54 Å². The largest absolute Gasteiger partial charge is 0.508 e. The average Bonchev–Trinajstić information content (AvgIpc) is 2.54. The molecule has 0 unspecified atom stereocenters. The third-order valence-corrected chi connectivity index (χ3v) is 3.95.